The van der Waals surface area contributed by atoms with Crippen molar-refractivity contribution in [3.8, 4) is 0 Å². The molecule has 0 radical (unpaired) electrons. The van der Waals surface area contributed by atoms with Gasteiger partial charge in [-0.1, -0.05) is 32.6 Å². The Hall–Kier alpha value is -0.220. The summed E-state index contributed by atoms with van der Waals surface area (Å²) in [5, 5.41) is 0. The third-order valence-corrected chi connectivity index (χ3v) is 3.82. The Morgan fingerprint density at radius 3 is 1.91 bits per heavy atom. The van der Waals surface area contributed by atoms with E-state index in [1.165, 1.54) is 25.7 Å². The zero-order valence-corrected chi connectivity index (χ0v) is 14.6. The lowest BCUT2D eigenvalue weighted by Crippen LogP contribution is -2.04. The van der Waals surface area contributed by atoms with Gasteiger partial charge >= 0.3 is 0 Å². The normalized spacial score (nSPS) is 14.2. The van der Waals surface area contributed by atoms with E-state index in [-0.39, 0.29) is 6.67 Å². The van der Waals surface area contributed by atoms with Gasteiger partial charge in [0.05, 0.1) is 12.8 Å². The molecule has 0 N–H and O–H groups in total. The second kappa shape index (κ2) is 17.1. The molecule has 0 aromatic rings. The molecule has 134 valence electrons. The first-order valence-electron chi connectivity index (χ1n) is 9.02. The van der Waals surface area contributed by atoms with Gasteiger partial charge in [0.15, 0.2) is 0 Å². The van der Waals surface area contributed by atoms with E-state index in [4.69, 9.17) is 9.47 Å². The maximum Gasteiger partial charge on any atom is 0.0995 e. The monoisotopic (exact) mass is 322 g/mol. The lowest BCUT2D eigenvalue weighted by atomic mass is 10.00. The summed E-state index contributed by atoms with van der Waals surface area (Å²) in [4.78, 5) is 0. The summed E-state index contributed by atoms with van der Waals surface area (Å²) in [7, 11) is 0. The van der Waals surface area contributed by atoms with E-state index in [9.17, 15) is 8.78 Å². The van der Waals surface area contributed by atoms with Crippen LogP contribution in [0.1, 0.15) is 71.6 Å². The van der Waals surface area contributed by atoms with Crippen LogP contribution in [0.4, 0.5) is 8.78 Å². The average Bonchev–Trinajstić information content (AvgIpc) is 2.48. The summed E-state index contributed by atoms with van der Waals surface area (Å²) >= 11 is 0. The van der Waals surface area contributed by atoms with Gasteiger partial charge in [0.2, 0.25) is 0 Å². The molecule has 0 aromatic carbocycles. The van der Waals surface area contributed by atoms with Gasteiger partial charge in [-0.15, -0.1) is 0 Å². The molecule has 4 heteroatoms. The smallest absolute Gasteiger partial charge is 0.0995 e. The van der Waals surface area contributed by atoms with E-state index >= 15 is 0 Å². The highest BCUT2D eigenvalue weighted by Gasteiger charge is 2.02. The van der Waals surface area contributed by atoms with Crippen molar-refractivity contribution in [2.75, 3.05) is 33.1 Å². The minimum atomic E-state index is -0.755. The van der Waals surface area contributed by atoms with E-state index in [0.29, 0.717) is 32.0 Å². The van der Waals surface area contributed by atoms with Crippen molar-refractivity contribution in [1.82, 2.24) is 0 Å². The number of alkyl halides is 2. The number of rotatable bonds is 17. The summed E-state index contributed by atoms with van der Waals surface area (Å²) in [6.45, 7) is 6.40. The molecule has 0 bridgehead atoms. The lowest BCUT2D eigenvalue weighted by molar-refractivity contribution is 0.110. The highest BCUT2D eigenvalue weighted by molar-refractivity contribution is 4.54. The molecule has 22 heavy (non-hydrogen) atoms. The van der Waals surface area contributed by atoms with E-state index in [2.05, 4.69) is 6.92 Å². The number of hydrogen-bond acceptors (Lipinski definition) is 2. The molecule has 0 aliphatic heterocycles. The van der Waals surface area contributed by atoms with Crippen molar-refractivity contribution < 1.29 is 18.3 Å². The summed E-state index contributed by atoms with van der Waals surface area (Å²) in [5.41, 5.74) is 0. The Labute approximate surface area is 136 Å². The van der Waals surface area contributed by atoms with Crippen molar-refractivity contribution >= 4 is 0 Å². The van der Waals surface area contributed by atoms with Gasteiger partial charge in [-0.2, -0.15) is 0 Å². The topological polar surface area (TPSA) is 18.5 Å². The molecule has 0 rings (SSSR count). The Kier molecular flexibility index (Phi) is 17.0. The molecule has 2 atom stereocenters. The van der Waals surface area contributed by atoms with Crippen LogP contribution in [0.3, 0.4) is 0 Å². The Morgan fingerprint density at radius 1 is 0.682 bits per heavy atom. The molecular weight excluding hydrogens is 286 g/mol. The highest BCUT2D eigenvalue weighted by atomic mass is 19.1. The number of hydrogen-bond donors (Lipinski definition) is 0. The predicted octanol–water partition coefficient (Wildman–Crippen LogP) is 5.49. The third-order valence-electron chi connectivity index (χ3n) is 3.82. The maximum atomic E-state index is 12.5. The second-order valence-corrected chi connectivity index (χ2v) is 6.29. The predicted molar refractivity (Wildman–Crippen MR) is 88.9 cm³/mol. The van der Waals surface area contributed by atoms with Gasteiger partial charge in [-0.25, -0.2) is 4.39 Å². The standard InChI is InChI=1S/C18H36F2O2/c1-17(10-15-21-14-8-6-12-19)9-5-3-4-7-13-22-16-11-18(2)20/h17-18H,3-16H2,1-2H3. The fourth-order valence-electron chi connectivity index (χ4n) is 2.23. The van der Waals surface area contributed by atoms with E-state index in [0.717, 1.165) is 32.5 Å². The molecule has 0 aliphatic carbocycles. The minimum absolute atomic E-state index is 0.236. The van der Waals surface area contributed by atoms with Crippen LogP contribution in [0.2, 0.25) is 0 Å². The molecule has 2 nitrogen and oxygen atoms in total. The van der Waals surface area contributed by atoms with Crippen LogP contribution in [0, 0.1) is 5.92 Å². The molecule has 0 fully saturated rings. The SMILES string of the molecule is CC(F)CCOCCCCCCC(C)CCOCCCCF. The Bertz CT molecular complexity index is 213. The van der Waals surface area contributed by atoms with Crippen molar-refractivity contribution in [1.29, 1.82) is 0 Å². The van der Waals surface area contributed by atoms with Gasteiger partial charge < -0.3 is 9.47 Å². The zero-order valence-electron chi connectivity index (χ0n) is 14.6. The van der Waals surface area contributed by atoms with Gasteiger partial charge in [0.25, 0.3) is 0 Å². The van der Waals surface area contributed by atoms with Gasteiger partial charge in [0, 0.05) is 32.8 Å². The molecule has 0 aromatic heterocycles. The first kappa shape index (κ1) is 21.8. The second-order valence-electron chi connectivity index (χ2n) is 6.29. The van der Waals surface area contributed by atoms with E-state index in [1.54, 1.807) is 6.92 Å². The summed E-state index contributed by atoms with van der Waals surface area (Å²) < 4.78 is 35.3. The number of halogens is 2. The van der Waals surface area contributed by atoms with Crippen molar-refractivity contribution in [2.45, 2.75) is 77.8 Å². The number of ether oxygens (including phenoxy) is 2. The number of unbranched alkanes of at least 4 members (excludes halogenated alkanes) is 4. The average molecular weight is 322 g/mol. The Balaban J connectivity index is 3.13. The Morgan fingerprint density at radius 2 is 1.27 bits per heavy atom. The van der Waals surface area contributed by atoms with Gasteiger partial charge in [-0.05, 0) is 38.5 Å². The zero-order chi connectivity index (χ0) is 16.5. The van der Waals surface area contributed by atoms with Crippen LogP contribution in [-0.2, 0) is 9.47 Å². The first-order valence-corrected chi connectivity index (χ1v) is 9.02. The summed E-state index contributed by atoms with van der Waals surface area (Å²) in [6, 6.07) is 0. The largest absolute Gasteiger partial charge is 0.381 e. The van der Waals surface area contributed by atoms with Gasteiger partial charge in [0.1, 0.15) is 0 Å². The molecule has 0 saturated heterocycles. The summed E-state index contributed by atoms with van der Waals surface area (Å²) in [6.07, 6.45) is 8.30. The summed E-state index contributed by atoms with van der Waals surface area (Å²) in [5.74, 6) is 0.698. The fourth-order valence-corrected chi connectivity index (χ4v) is 2.23. The van der Waals surface area contributed by atoms with Crippen LogP contribution in [-0.4, -0.2) is 39.3 Å². The van der Waals surface area contributed by atoms with Crippen LogP contribution in [0.15, 0.2) is 0 Å². The van der Waals surface area contributed by atoms with Crippen molar-refractivity contribution in [3.05, 3.63) is 0 Å². The highest BCUT2D eigenvalue weighted by Crippen LogP contribution is 2.14. The van der Waals surface area contributed by atoms with Crippen LogP contribution in [0.25, 0.3) is 0 Å². The molecule has 0 heterocycles. The molecule has 0 amide bonds. The quantitative estimate of drug-likeness (QED) is 0.329. The van der Waals surface area contributed by atoms with Gasteiger partial charge in [-0.3, -0.25) is 4.39 Å². The molecule has 0 aliphatic rings. The molecule has 0 saturated carbocycles. The third kappa shape index (κ3) is 17.8. The fraction of sp³-hybridized carbons (Fsp3) is 1.00. The molecule has 0 spiro atoms. The van der Waals surface area contributed by atoms with Crippen LogP contribution in [0.5, 0.6) is 0 Å². The molecule has 2 unspecified atom stereocenters. The van der Waals surface area contributed by atoms with Crippen molar-refractivity contribution in [3.63, 3.8) is 0 Å². The first-order chi connectivity index (χ1) is 10.7. The van der Waals surface area contributed by atoms with Crippen LogP contribution >= 0.6 is 0 Å². The molecular formula is C18H36F2O2. The van der Waals surface area contributed by atoms with E-state index in [1.807, 2.05) is 0 Å². The lowest BCUT2D eigenvalue weighted by Gasteiger charge is -2.11. The van der Waals surface area contributed by atoms with E-state index < -0.39 is 6.17 Å². The van der Waals surface area contributed by atoms with Crippen molar-refractivity contribution in [2.24, 2.45) is 5.92 Å². The van der Waals surface area contributed by atoms with Crippen LogP contribution < -0.4 is 0 Å². The minimum Gasteiger partial charge on any atom is -0.381 e. The maximum absolute atomic E-state index is 12.5.